The fraction of sp³-hybridized carbons (Fsp3) is 0.733. The Morgan fingerprint density at radius 2 is 1.95 bits per heavy atom. The SMILES string of the molecule is CCCNc1nc(C(OCC)C(C)C)nc(COC)c1Br. The molecule has 1 aromatic rings. The van der Waals surface area contributed by atoms with E-state index in [2.05, 4.69) is 52.0 Å². The maximum atomic E-state index is 5.81. The number of nitrogens with one attached hydrogen (secondary N) is 1. The molecule has 1 unspecified atom stereocenters. The Morgan fingerprint density at radius 3 is 2.48 bits per heavy atom. The molecular formula is C15H26BrN3O2. The van der Waals surface area contributed by atoms with E-state index in [9.17, 15) is 0 Å². The molecule has 6 heteroatoms. The van der Waals surface area contributed by atoms with Gasteiger partial charge in [0.05, 0.1) is 16.8 Å². The standard InChI is InChI=1S/C15H26BrN3O2/c1-6-8-17-14-12(16)11(9-20-5)18-15(19-14)13(10(3)4)21-7-2/h10,13H,6-9H2,1-5H3,(H,17,18,19). The van der Waals surface area contributed by atoms with Crippen molar-refractivity contribution in [2.45, 2.75) is 46.8 Å². The second kappa shape index (κ2) is 9.33. The zero-order chi connectivity index (χ0) is 15.8. The quantitative estimate of drug-likeness (QED) is 0.723. The van der Waals surface area contributed by atoms with Gasteiger partial charge in [-0.15, -0.1) is 0 Å². The van der Waals surface area contributed by atoms with E-state index in [0.29, 0.717) is 25.0 Å². The molecule has 1 aromatic heterocycles. The van der Waals surface area contributed by atoms with Crippen LogP contribution in [0.1, 0.15) is 51.7 Å². The van der Waals surface area contributed by atoms with Gasteiger partial charge in [-0.3, -0.25) is 0 Å². The molecule has 1 atom stereocenters. The molecule has 0 aliphatic heterocycles. The van der Waals surface area contributed by atoms with Gasteiger partial charge in [0.2, 0.25) is 0 Å². The number of halogens is 1. The third kappa shape index (κ3) is 5.20. The number of rotatable bonds is 9. The van der Waals surface area contributed by atoms with Crippen LogP contribution in [-0.2, 0) is 16.1 Å². The summed E-state index contributed by atoms with van der Waals surface area (Å²) in [5.74, 6) is 1.82. The number of ether oxygens (including phenoxy) is 2. The highest BCUT2D eigenvalue weighted by Crippen LogP contribution is 2.29. The fourth-order valence-corrected chi connectivity index (χ4v) is 2.41. The van der Waals surface area contributed by atoms with Crippen molar-refractivity contribution in [3.05, 3.63) is 16.0 Å². The molecule has 0 aliphatic rings. The molecule has 21 heavy (non-hydrogen) atoms. The largest absolute Gasteiger partial charge is 0.378 e. The molecule has 1 heterocycles. The summed E-state index contributed by atoms with van der Waals surface area (Å²) in [7, 11) is 1.66. The zero-order valence-corrected chi connectivity index (χ0v) is 15.2. The molecule has 1 N–H and O–H groups in total. The lowest BCUT2D eigenvalue weighted by atomic mass is 10.1. The number of anilines is 1. The smallest absolute Gasteiger partial charge is 0.160 e. The van der Waals surface area contributed by atoms with Gasteiger partial charge in [0, 0.05) is 20.3 Å². The van der Waals surface area contributed by atoms with Crippen LogP contribution in [0.4, 0.5) is 5.82 Å². The molecule has 0 fully saturated rings. The summed E-state index contributed by atoms with van der Waals surface area (Å²) in [6, 6.07) is 0. The van der Waals surface area contributed by atoms with Gasteiger partial charge in [-0.2, -0.15) is 0 Å². The van der Waals surface area contributed by atoms with Crippen molar-refractivity contribution < 1.29 is 9.47 Å². The van der Waals surface area contributed by atoms with Crippen LogP contribution in [0.5, 0.6) is 0 Å². The monoisotopic (exact) mass is 359 g/mol. The maximum Gasteiger partial charge on any atom is 0.160 e. The molecule has 0 saturated carbocycles. The first kappa shape index (κ1) is 18.3. The summed E-state index contributed by atoms with van der Waals surface area (Å²) >= 11 is 3.56. The zero-order valence-electron chi connectivity index (χ0n) is 13.6. The van der Waals surface area contributed by atoms with Crippen molar-refractivity contribution >= 4 is 21.7 Å². The van der Waals surface area contributed by atoms with Gasteiger partial charge in [-0.25, -0.2) is 9.97 Å². The first-order chi connectivity index (χ1) is 10.0. The van der Waals surface area contributed by atoms with Crippen molar-refractivity contribution in [1.82, 2.24) is 9.97 Å². The first-order valence-corrected chi connectivity index (χ1v) is 8.25. The van der Waals surface area contributed by atoms with Crippen LogP contribution >= 0.6 is 15.9 Å². The lowest BCUT2D eigenvalue weighted by Crippen LogP contribution is -2.18. The fourth-order valence-electron chi connectivity index (χ4n) is 1.98. The third-order valence-corrected chi connectivity index (χ3v) is 3.80. The Labute approximate surface area is 136 Å². The number of nitrogens with zero attached hydrogens (tertiary/aromatic N) is 2. The van der Waals surface area contributed by atoms with E-state index in [4.69, 9.17) is 9.47 Å². The summed E-state index contributed by atoms with van der Waals surface area (Å²) in [6.45, 7) is 10.3. The molecule has 0 aromatic carbocycles. The number of hydrogen-bond donors (Lipinski definition) is 1. The Morgan fingerprint density at radius 1 is 1.24 bits per heavy atom. The summed E-state index contributed by atoms with van der Waals surface area (Å²) < 4.78 is 11.9. The predicted octanol–water partition coefficient (Wildman–Crippen LogP) is 3.94. The summed E-state index contributed by atoms with van der Waals surface area (Å²) in [5, 5.41) is 3.33. The minimum absolute atomic E-state index is 0.110. The van der Waals surface area contributed by atoms with Gasteiger partial charge in [-0.05, 0) is 35.2 Å². The minimum Gasteiger partial charge on any atom is -0.378 e. The molecule has 5 nitrogen and oxygen atoms in total. The van der Waals surface area contributed by atoms with E-state index in [-0.39, 0.29) is 6.10 Å². The number of aromatic nitrogens is 2. The minimum atomic E-state index is -0.110. The van der Waals surface area contributed by atoms with Gasteiger partial charge >= 0.3 is 0 Å². The van der Waals surface area contributed by atoms with E-state index in [1.165, 1.54) is 0 Å². The van der Waals surface area contributed by atoms with E-state index in [1.54, 1.807) is 7.11 Å². The Balaban J connectivity index is 3.20. The van der Waals surface area contributed by atoms with Crippen LogP contribution < -0.4 is 5.32 Å². The normalized spacial score (nSPS) is 12.7. The molecule has 0 aliphatic carbocycles. The molecule has 1 rings (SSSR count). The van der Waals surface area contributed by atoms with Gasteiger partial charge < -0.3 is 14.8 Å². The van der Waals surface area contributed by atoms with Crippen LogP contribution in [-0.4, -0.2) is 30.2 Å². The summed E-state index contributed by atoms with van der Waals surface area (Å²) in [4.78, 5) is 9.27. The average molecular weight is 360 g/mol. The lowest BCUT2D eigenvalue weighted by Gasteiger charge is -2.21. The molecule has 0 spiro atoms. The van der Waals surface area contributed by atoms with E-state index in [1.807, 2.05) is 6.92 Å². The molecule has 0 amide bonds. The van der Waals surface area contributed by atoms with Crippen molar-refractivity contribution in [2.75, 3.05) is 25.6 Å². The van der Waals surface area contributed by atoms with Crippen molar-refractivity contribution in [3.63, 3.8) is 0 Å². The van der Waals surface area contributed by atoms with Gasteiger partial charge in [-0.1, -0.05) is 20.8 Å². The third-order valence-electron chi connectivity index (χ3n) is 2.97. The predicted molar refractivity (Wildman–Crippen MR) is 88.4 cm³/mol. The second-order valence-corrected chi connectivity index (χ2v) is 5.96. The van der Waals surface area contributed by atoms with E-state index in [0.717, 1.165) is 29.0 Å². The topological polar surface area (TPSA) is 56.3 Å². The van der Waals surface area contributed by atoms with Crippen LogP contribution in [0.3, 0.4) is 0 Å². The van der Waals surface area contributed by atoms with Crippen LogP contribution in [0.2, 0.25) is 0 Å². The highest BCUT2D eigenvalue weighted by molar-refractivity contribution is 9.10. The van der Waals surface area contributed by atoms with Crippen molar-refractivity contribution in [3.8, 4) is 0 Å². The molecule has 120 valence electrons. The van der Waals surface area contributed by atoms with Gasteiger partial charge in [0.25, 0.3) is 0 Å². The Kier molecular flexibility index (Phi) is 8.14. The second-order valence-electron chi connectivity index (χ2n) is 5.17. The average Bonchev–Trinajstić information content (AvgIpc) is 2.45. The van der Waals surface area contributed by atoms with Crippen LogP contribution in [0.15, 0.2) is 4.47 Å². The van der Waals surface area contributed by atoms with Crippen molar-refractivity contribution in [2.24, 2.45) is 5.92 Å². The summed E-state index contributed by atoms with van der Waals surface area (Å²) in [6.07, 6.45) is 0.922. The van der Waals surface area contributed by atoms with E-state index >= 15 is 0 Å². The van der Waals surface area contributed by atoms with Crippen molar-refractivity contribution in [1.29, 1.82) is 0 Å². The maximum absolute atomic E-state index is 5.81. The molecule has 0 radical (unpaired) electrons. The molecule has 0 saturated heterocycles. The Bertz CT molecular complexity index is 441. The summed E-state index contributed by atoms with van der Waals surface area (Å²) in [5.41, 5.74) is 0.839. The van der Waals surface area contributed by atoms with Gasteiger partial charge in [0.15, 0.2) is 5.82 Å². The lowest BCUT2D eigenvalue weighted by molar-refractivity contribution is 0.0228. The highest BCUT2D eigenvalue weighted by Gasteiger charge is 2.22. The van der Waals surface area contributed by atoms with Crippen LogP contribution in [0.25, 0.3) is 0 Å². The highest BCUT2D eigenvalue weighted by atomic mass is 79.9. The molecule has 0 bridgehead atoms. The van der Waals surface area contributed by atoms with E-state index < -0.39 is 0 Å². The molecular weight excluding hydrogens is 334 g/mol. The number of methoxy groups -OCH3 is 1. The first-order valence-electron chi connectivity index (χ1n) is 7.45. The van der Waals surface area contributed by atoms with Crippen LogP contribution in [0, 0.1) is 5.92 Å². The number of hydrogen-bond acceptors (Lipinski definition) is 5. The van der Waals surface area contributed by atoms with Gasteiger partial charge in [0.1, 0.15) is 11.9 Å². The Hall–Kier alpha value is -0.720.